The minimum atomic E-state index is -0.459. The molecule has 1 aromatic carbocycles. The van der Waals surface area contributed by atoms with E-state index < -0.39 is 5.60 Å². The van der Waals surface area contributed by atoms with Crippen molar-refractivity contribution in [2.75, 3.05) is 37.4 Å². The maximum absolute atomic E-state index is 11.4. The van der Waals surface area contributed by atoms with Gasteiger partial charge in [-0.15, -0.1) is 0 Å². The molecule has 2 N–H and O–H groups in total. The van der Waals surface area contributed by atoms with Crippen molar-refractivity contribution in [3.05, 3.63) is 24.3 Å². The lowest BCUT2D eigenvalue weighted by atomic mass is 10.2. The van der Waals surface area contributed by atoms with Crippen LogP contribution in [-0.4, -0.2) is 38.9 Å². The van der Waals surface area contributed by atoms with Crippen LogP contribution in [0.5, 0.6) is 0 Å². The quantitative estimate of drug-likeness (QED) is 0.814. The summed E-state index contributed by atoms with van der Waals surface area (Å²) >= 11 is 0. The fourth-order valence-corrected chi connectivity index (χ4v) is 1.56. The zero-order valence-electron chi connectivity index (χ0n) is 13.0. The molecule has 0 aliphatic rings. The van der Waals surface area contributed by atoms with E-state index in [9.17, 15) is 4.79 Å². The van der Waals surface area contributed by atoms with E-state index in [1.165, 1.54) is 0 Å². The Morgan fingerprint density at radius 3 is 2.25 bits per heavy atom. The van der Waals surface area contributed by atoms with Crippen LogP contribution in [-0.2, 0) is 4.74 Å². The molecule has 0 aliphatic carbocycles. The van der Waals surface area contributed by atoms with Crippen LogP contribution >= 0.6 is 0 Å². The first-order valence-electron chi connectivity index (χ1n) is 6.76. The number of alkyl carbamates (subject to hydrolysis) is 1. The molecule has 1 amide bonds. The first-order chi connectivity index (χ1) is 9.28. The van der Waals surface area contributed by atoms with Crippen molar-refractivity contribution in [1.82, 2.24) is 5.32 Å². The van der Waals surface area contributed by atoms with Gasteiger partial charge in [-0.3, -0.25) is 0 Å². The van der Waals surface area contributed by atoms with Crippen molar-refractivity contribution in [1.29, 1.82) is 0 Å². The van der Waals surface area contributed by atoms with Gasteiger partial charge >= 0.3 is 6.09 Å². The number of carbonyl (C=O) groups is 1. The van der Waals surface area contributed by atoms with Gasteiger partial charge in [-0.1, -0.05) is 0 Å². The van der Waals surface area contributed by atoms with Gasteiger partial charge in [0.1, 0.15) is 5.60 Å². The SMILES string of the molecule is CN(C)c1ccc(NCCNC(=O)OC(C)(C)C)cc1. The smallest absolute Gasteiger partial charge is 0.407 e. The van der Waals surface area contributed by atoms with E-state index in [1.54, 1.807) is 0 Å². The molecule has 5 heteroatoms. The molecule has 5 nitrogen and oxygen atoms in total. The molecule has 0 atom stereocenters. The second-order valence-corrected chi connectivity index (χ2v) is 5.80. The largest absolute Gasteiger partial charge is 0.444 e. The van der Waals surface area contributed by atoms with Crippen molar-refractivity contribution in [2.24, 2.45) is 0 Å². The summed E-state index contributed by atoms with van der Waals surface area (Å²) in [6, 6.07) is 8.12. The van der Waals surface area contributed by atoms with Gasteiger partial charge in [-0.2, -0.15) is 0 Å². The number of rotatable bonds is 5. The molecule has 0 bridgehead atoms. The molecule has 0 saturated heterocycles. The van der Waals surface area contributed by atoms with Crippen LogP contribution in [0, 0.1) is 0 Å². The number of benzene rings is 1. The number of carbonyl (C=O) groups excluding carboxylic acids is 1. The molecular formula is C15H25N3O2. The zero-order valence-corrected chi connectivity index (χ0v) is 13.0. The minimum Gasteiger partial charge on any atom is -0.444 e. The molecular weight excluding hydrogens is 254 g/mol. The molecule has 0 aliphatic heterocycles. The van der Waals surface area contributed by atoms with Gasteiger partial charge in [0, 0.05) is 38.6 Å². The van der Waals surface area contributed by atoms with Gasteiger partial charge in [0.25, 0.3) is 0 Å². The highest BCUT2D eigenvalue weighted by Crippen LogP contribution is 2.15. The average Bonchev–Trinajstić information content (AvgIpc) is 2.33. The minimum absolute atomic E-state index is 0.387. The van der Waals surface area contributed by atoms with Gasteiger partial charge < -0.3 is 20.3 Å². The number of nitrogens with one attached hydrogen (secondary N) is 2. The van der Waals surface area contributed by atoms with Crippen LogP contribution < -0.4 is 15.5 Å². The Morgan fingerprint density at radius 1 is 1.15 bits per heavy atom. The summed E-state index contributed by atoms with van der Waals surface area (Å²) < 4.78 is 5.15. The average molecular weight is 279 g/mol. The molecule has 0 spiro atoms. The van der Waals surface area contributed by atoms with Gasteiger partial charge in [0.05, 0.1) is 0 Å². The highest BCUT2D eigenvalue weighted by atomic mass is 16.6. The van der Waals surface area contributed by atoms with Gasteiger partial charge in [0.15, 0.2) is 0 Å². The maximum atomic E-state index is 11.4. The number of amides is 1. The summed E-state index contributed by atoms with van der Waals surface area (Å²) in [5, 5.41) is 5.95. The molecule has 1 rings (SSSR count). The van der Waals surface area contributed by atoms with Crippen LogP contribution in [0.3, 0.4) is 0 Å². The fraction of sp³-hybridized carbons (Fsp3) is 0.533. The highest BCUT2D eigenvalue weighted by molar-refractivity contribution is 5.67. The van der Waals surface area contributed by atoms with Crippen LogP contribution in [0.4, 0.5) is 16.2 Å². The van der Waals surface area contributed by atoms with Crippen molar-refractivity contribution in [2.45, 2.75) is 26.4 Å². The van der Waals surface area contributed by atoms with Crippen LogP contribution in [0.15, 0.2) is 24.3 Å². The second kappa shape index (κ2) is 7.03. The topological polar surface area (TPSA) is 53.6 Å². The summed E-state index contributed by atoms with van der Waals surface area (Å²) in [5.41, 5.74) is 1.73. The predicted molar refractivity (Wildman–Crippen MR) is 83.5 cm³/mol. The Bertz CT molecular complexity index is 422. The Morgan fingerprint density at radius 2 is 1.75 bits per heavy atom. The summed E-state index contributed by atoms with van der Waals surface area (Å²) in [4.78, 5) is 13.5. The third-order valence-corrected chi connectivity index (χ3v) is 2.51. The number of hydrogen-bond donors (Lipinski definition) is 2. The second-order valence-electron chi connectivity index (χ2n) is 5.80. The van der Waals surface area contributed by atoms with E-state index in [0.29, 0.717) is 13.1 Å². The van der Waals surface area contributed by atoms with Crippen LogP contribution in [0.1, 0.15) is 20.8 Å². The lowest BCUT2D eigenvalue weighted by Crippen LogP contribution is -2.34. The highest BCUT2D eigenvalue weighted by Gasteiger charge is 2.15. The first-order valence-corrected chi connectivity index (χ1v) is 6.76. The molecule has 0 unspecified atom stereocenters. The molecule has 0 radical (unpaired) electrons. The molecule has 1 aromatic rings. The Hall–Kier alpha value is -1.91. The van der Waals surface area contributed by atoms with Gasteiger partial charge in [0.2, 0.25) is 0 Å². The maximum Gasteiger partial charge on any atom is 0.407 e. The molecule has 0 saturated carbocycles. The number of ether oxygens (including phenoxy) is 1. The molecule has 0 heterocycles. The summed E-state index contributed by atoms with van der Waals surface area (Å²) in [5.74, 6) is 0. The van der Waals surface area contributed by atoms with Crippen molar-refractivity contribution in [3.63, 3.8) is 0 Å². The van der Waals surface area contributed by atoms with Gasteiger partial charge in [-0.05, 0) is 45.0 Å². The lowest BCUT2D eigenvalue weighted by Gasteiger charge is -2.19. The van der Waals surface area contributed by atoms with E-state index in [0.717, 1.165) is 11.4 Å². The third-order valence-electron chi connectivity index (χ3n) is 2.51. The Kier molecular flexibility index (Phi) is 5.67. The standard InChI is InChI=1S/C15H25N3O2/c1-15(2,3)20-14(19)17-11-10-16-12-6-8-13(9-7-12)18(4)5/h6-9,16H,10-11H2,1-5H3,(H,17,19). The van der Waals surface area contributed by atoms with Crippen LogP contribution in [0.2, 0.25) is 0 Å². The first kappa shape index (κ1) is 16.1. The fourth-order valence-electron chi connectivity index (χ4n) is 1.56. The van der Waals surface area contributed by atoms with E-state index in [-0.39, 0.29) is 6.09 Å². The lowest BCUT2D eigenvalue weighted by molar-refractivity contribution is 0.0530. The van der Waals surface area contributed by atoms with E-state index in [4.69, 9.17) is 4.74 Å². The van der Waals surface area contributed by atoms with Crippen LogP contribution in [0.25, 0.3) is 0 Å². The monoisotopic (exact) mass is 279 g/mol. The van der Waals surface area contributed by atoms with Crippen molar-refractivity contribution in [3.8, 4) is 0 Å². The normalized spacial score (nSPS) is 10.8. The predicted octanol–water partition coefficient (Wildman–Crippen LogP) is 2.69. The van der Waals surface area contributed by atoms with E-state index in [1.807, 2.05) is 64.0 Å². The molecule has 0 aromatic heterocycles. The van der Waals surface area contributed by atoms with Crippen molar-refractivity contribution < 1.29 is 9.53 Å². The Labute approximate surface area is 121 Å². The Balaban J connectivity index is 2.26. The molecule has 0 fully saturated rings. The van der Waals surface area contributed by atoms with Gasteiger partial charge in [-0.25, -0.2) is 4.79 Å². The summed E-state index contributed by atoms with van der Waals surface area (Å²) in [6.07, 6.45) is -0.387. The van der Waals surface area contributed by atoms with E-state index >= 15 is 0 Å². The van der Waals surface area contributed by atoms with Crippen molar-refractivity contribution >= 4 is 17.5 Å². The summed E-state index contributed by atoms with van der Waals surface area (Å²) in [7, 11) is 4.01. The van der Waals surface area contributed by atoms with E-state index in [2.05, 4.69) is 10.6 Å². The molecule has 20 heavy (non-hydrogen) atoms. The zero-order chi connectivity index (χ0) is 15.2. The summed E-state index contributed by atoms with van der Waals surface area (Å²) in [6.45, 7) is 6.70. The third kappa shape index (κ3) is 6.31. The number of nitrogens with zero attached hydrogens (tertiary/aromatic N) is 1. The number of hydrogen-bond acceptors (Lipinski definition) is 4. The number of anilines is 2. The molecule has 112 valence electrons.